The summed E-state index contributed by atoms with van der Waals surface area (Å²) in [5.41, 5.74) is 5.43. The van der Waals surface area contributed by atoms with Crippen molar-refractivity contribution in [1.29, 1.82) is 0 Å². The summed E-state index contributed by atoms with van der Waals surface area (Å²) in [5, 5.41) is 0. The number of aryl methyl sites for hydroxylation is 1. The minimum Gasteiger partial charge on any atom is -0.493 e. The molecule has 0 aromatic heterocycles. The van der Waals surface area contributed by atoms with Crippen LogP contribution in [0.1, 0.15) is 16.7 Å². The average Bonchev–Trinajstić information content (AvgIpc) is 2.82. The predicted octanol–water partition coefficient (Wildman–Crippen LogP) is 5.17. The number of aliphatic imine (C=N–C) groups is 1. The maximum Gasteiger partial charge on any atom is 0.161 e. The molecule has 1 aliphatic heterocycles. The number of hydrogen-bond donors (Lipinski definition) is 0. The highest BCUT2D eigenvalue weighted by Crippen LogP contribution is 2.29. The highest BCUT2D eigenvalue weighted by Gasteiger charge is 2.10. The molecule has 160 valence electrons. The Kier molecular flexibility index (Phi) is 6.85. The number of ether oxygens (including phenoxy) is 3. The summed E-state index contributed by atoms with van der Waals surface area (Å²) in [7, 11) is 1.65. The molecule has 1 heterocycles. The number of anilines is 1. The van der Waals surface area contributed by atoms with E-state index in [4.69, 9.17) is 14.2 Å². The van der Waals surface area contributed by atoms with Gasteiger partial charge in [0.1, 0.15) is 6.61 Å². The van der Waals surface area contributed by atoms with Crippen molar-refractivity contribution in [2.24, 2.45) is 4.99 Å². The monoisotopic (exact) mass is 416 g/mol. The van der Waals surface area contributed by atoms with Crippen LogP contribution in [-0.2, 0) is 11.3 Å². The summed E-state index contributed by atoms with van der Waals surface area (Å²) in [6, 6.07) is 22.5. The van der Waals surface area contributed by atoms with Gasteiger partial charge in [0.25, 0.3) is 0 Å². The Balaban J connectivity index is 1.40. The predicted molar refractivity (Wildman–Crippen MR) is 125 cm³/mol. The molecule has 0 N–H and O–H groups in total. The maximum atomic E-state index is 5.97. The molecule has 0 amide bonds. The summed E-state index contributed by atoms with van der Waals surface area (Å²) >= 11 is 0. The quantitative estimate of drug-likeness (QED) is 0.499. The Hall–Kier alpha value is -3.31. The van der Waals surface area contributed by atoms with Crippen LogP contribution in [0, 0.1) is 6.92 Å². The number of morpholine rings is 1. The van der Waals surface area contributed by atoms with E-state index >= 15 is 0 Å². The van der Waals surface area contributed by atoms with E-state index in [9.17, 15) is 0 Å². The zero-order valence-corrected chi connectivity index (χ0v) is 18.1. The maximum absolute atomic E-state index is 5.97. The van der Waals surface area contributed by atoms with Crippen LogP contribution < -0.4 is 14.4 Å². The van der Waals surface area contributed by atoms with Crippen LogP contribution in [-0.4, -0.2) is 39.6 Å². The molecule has 0 radical (unpaired) electrons. The van der Waals surface area contributed by atoms with Crippen molar-refractivity contribution in [1.82, 2.24) is 0 Å². The van der Waals surface area contributed by atoms with Crippen LogP contribution in [0.15, 0.2) is 71.7 Å². The molecule has 3 aromatic rings. The van der Waals surface area contributed by atoms with Gasteiger partial charge in [-0.3, -0.25) is 4.99 Å². The number of nitrogens with zero attached hydrogens (tertiary/aromatic N) is 2. The Morgan fingerprint density at radius 2 is 1.77 bits per heavy atom. The minimum absolute atomic E-state index is 0.501. The van der Waals surface area contributed by atoms with Gasteiger partial charge < -0.3 is 19.1 Å². The van der Waals surface area contributed by atoms with E-state index in [1.54, 1.807) is 7.11 Å². The van der Waals surface area contributed by atoms with Gasteiger partial charge in [-0.05, 0) is 60.5 Å². The van der Waals surface area contributed by atoms with Crippen LogP contribution in [0.4, 0.5) is 11.4 Å². The first-order chi connectivity index (χ1) is 15.2. The molecule has 31 heavy (non-hydrogen) atoms. The van der Waals surface area contributed by atoms with Crippen molar-refractivity contribution in [2.45, 2.75) is 13.5 Å². The lowest BCUT2D eigenvalue weighted by atomic mass is 10.1. The highest BCUT2D eigenvalue weighted by molar-refractivity contribution is 5.83. The van der Waals surface area contributed by atoms with Gasteiger partial charge in [0.2, 0.25) is 0 Å². The standard InChI is InChI=1S/C26H28N2O3/c1-20-4-3-5-22(16-20)19-31-25-11-6-21(17-26(25)29-2)18-27-23-7-9-24(10-8-23)28-12-14-30-15-13-28/h3-11,16-18H,12-15,19H2,1-2H3. The van der Waals surface area contributed by atoms with Gasteiger partial charge in [0, 0.05) is 25.0 Å². The second-order valence-corrected chi connectivity index (χ2v) is 7.56. The Morgan fingerprint density at radius 1 is 0.968 bits per heavy atom. The molecule has 0 aliphatic carbocycles. The van der Waals surface area contributed by atoms with Gasteiger partial charge in [0.15, 0.2) is 11.5 Å². The summed E-state index contributed by atoms with van der Waals surface area (Å²) in [6.07, 6.45) is 1.84. The molecule has 0 saturated carbocycles. The summed E-state index contributed by atoms with van der Waals surface area (Å²) in [4.78, 5) is 6.94. The third-order valence-electron chi connectivity index (χ3n) is 5.25. The third-order valence-corrected chi connectivity index (χ3v) is 5.25. The molecule has 1 saturated heterocycles. The second-order valence-electron chi connectivity index (χ2n) is 7.56. The summed E-state index contributed by atoms with van der Waals surface area (Å²) in [5.74, 6) is 1.41. The van der Waals surface area contributed by atoms with Gasteiger partial charge in [0.05, 0.1) is 26.0 Å². The molecular formula is C26H28N2O3. The van der Waals surface area contributed by atoms with E-state index in [1.165, 1.54) is 11.3 Å². The van der Waals surface area contributed by atoms with E-state index in [0.29, 0.717) is 12.4 Å². The van der Waals surface area contributed by atoms with Crippen LogP contribution >= 0.6 is 0 Å². The van der Waals surface area contributed by atoms with Crippen molar-refractivity contribution >= 4 is 17.6 Å². The van der Waals surface area contributed by atoms with E-state index < -0.39 is 0 Å². The molecular weight excluding hydrogens is 388 g/mol. The molecule has 3 aromatic carbocycles. The molecule has 0 atom stereocenters. The van der Waals surface area contributed by atoms with Crippen molar-refractivity contribution < 1.29 is 14.2 Å². The molecule has 4 rings (SSSR count). The molecule has 5 nitrogen and oxygen atoms in total. The lowest BCUT2D eigenvalue weighted by Crippen LogP contribution is -2.36. The van der Waals surface area contributed by atoms with Gasteiger partial charge in [-0.1, -0.05) is 29.8 Å². The normalized spacial score (nSPS) is 14.1. The van der Waals surface area contributed by atoms with Crippen molar-refractivity contribution in [3.63, 3.8) is 0 Å². The topological polar surface area (TPSA) is 43.3 Å². The van der Waals surface area contributed by atoms with Crippen LogP contribution in [0.2, 0.25) is 0 Å². The van der Waals surface area contributed by atoms with Gasteiger partial charge >= 0.3 is 0 Å². The largest absolute Gasteiger partial charge is 0.493 e. The first-order valence-corrected chi connectivity index (χ1v) is 10.5. The molecule has 0 bridgehead atoms. The van der Waals surface area contributed by atoms with E-state index in [1.807, 2.05) is 42.6 Å². The van der Waals surface area contributed by atoms with E-state index in [-0.39, 0.29) is 0 Å². The lowest BCUT2D eigenvalue weighted by Gasteiger charge is -2.28. The van der Waals surface area contributed by atoms with Crippen molar-refractivity contribution in [2.75, 3.05) is 38.3 Å². The van der Waals surface area contributed by atoms with Crippen LogP contribution in [0.25, 0.3) is 0 Å². The Morgan fingerprint density at radius 3 is 2.52 bits per heavy atom. The van der Waals surface area contributed by atoms with Crippen molar-refractivity contribution in [3.05, 3.63) is 83.4 Å². The van der Waals surface area contributed by atoms with Crippen LogP contribution in [0.3, 0.4) is 0 Å². The lowest BCUT2D eigenvalue weighted by molar-refractivity contribution is 0.122. The zero-order valence-electron chi connectivity index (χ0n) is 18.1. The Bertz CT molecular complexity index is 1030. The molecule has 0 spiro atoms. The van der Waals surface area contributed by atoms with E-state index in [2.05, 4.69) is 47.1 Å². The van der Waals surface area contributed by atoms with E-state index in [0.717, 1.165) is 48.9 Å². The first-order valence-electron chi connectivity index (χ1n) is 10.5. The van der Waals surface area contributed by atoms with Gasteiger partial charge in [-0.25, -0.2) is 0 Å². The smallest absolute Gasteiger partial charge is 0.161 e. The molecule has 5 heteroatoms. The van der Waals surface area contributed by atoms with Gasteiger partial charge in [-0.15, -0.1) is 0 Å². The summed E-state index contributed by atoms with van der Waals surface area (Å²) < 4.78 is 16.9. The molecule has 0 unspecified atom stereocenters. The van der Waals surface area contributed by atoms with Gasteiger partial charge in [-0.2, -0.15) is 0 Å². The zero-order chi connectivity index (χ0) is 21.5. The van der Waals surface area contributed by atoms with Crippen molar-refractivity contribution in [3.8, 4) is 11.5 Å². The first kappa shape index (κ1) is 20.9. The number of methoxy groups -OCH3 is 1. The second kappa shape index (κ2) is 10.1. The summed E-state index contributed by atoms with van der Waals surface area (Å²) in [6.45, 7) is 6.01. The highest BCUT2D eigenvalue weighted by atomic mass is 16.5. The van der Waals surface area contributed by atoms with Crippen LogP contribution in [0.5, 0.6) is 11.5 Å². The number of hydrogen-bond acceptors (Lipinski definition) is 5. The Labute approximate surface area is 183 Å². The fourth-order valence-electron chi connectivity index (χ4n) is 3.57. The molecule has 1 fully saturated rings. The third kappa shape index (κ3) is 5.64. The SMILES string of the molecule is COc1cc(C=Nc2ccc(N3CCOCC3)cc2)ccc1OCc1cccc(C)c1. The minimum atomic E-state index is 0.501. The average molecular weight is 417 g/mol. The molecule has 1 aliphatic rings. The number of rotatable bonds is 7. The fraction of sp³-hybridized carbons (Fsp3) is 0.269. The number of benzene rings is 3. The fourth-order valence-corrected chi connectivity index (χ4v) is 3.57.